The van der Waals surface area contributed by atoms with Crippen molar-refractivity contribution in [1.82, 2.24) is 15.1 Å². The number of unbranched alkanes of at least 4 members (excludes halogenated alkanes) is 12. The lowest BCUT2D eigenvalue weighted by molar-refractivity contribution is -0.144. The quantitative estimate of drug-likeness (QED) is 0.0275. The molecule has 11 nitrogen and oxygen atoms in total. The molecule has 0 aliphatic carbocycles. The van der Waals surface area contributed by atoms with Crippen molar-refractivity contribution in [3.63, 3.8) is 0 Å². The smallest absolute Gasteiger partial charge is 0.410 e. The number of hydrogen-bond acceptors (Lipinski definition) is 9. The van der Waals surface area contributed by atoms with Crippen molar-refractivity contribution < 1.29 is 38.1 Å². The number of carbonyl (C=O) groups is 4. The zero-order chi connectivity index (χ0) is 50.2. The summed E-state index contributed by atoms with van der Waals surface area (Å²) in [5, 5.41) is 2.81. The normalized spacial score (nSPS) is 12.3. The second kappa shape index (κ2) is 46.6. The molecule has 0 aromatic carbocycles. The first-order valence-electron chi connectivity index (χ1n) is 26.7. The van der Waals surface area contributed by atoms with Crippen LogP contribution in [-0.4, -0.2) is 99.1 Å². The summed E-state index contributed by atoms with van der Waals surface area (Å²) in [6, 6.07) is 0. The Balaban J connectivity index is 4.64. The van der Waals surface area contributed by atoms with Crippen LogP contribution < -0.4 is 5.32 Å². The zero-order valence-corrected chi connectivity index (χ0v) is 44.3. The van der Waals surface area contributed by atoms with Crippen molar-refractivity contribution in [1.29, 1.82) is 0 Å². The molecule has 0 aliphatic heterocycles. The Morgan fingerprint density at radius 1 is 0.515 bits per heavy atom. The van der Waals surface area contributed by atoms with Crippen LogP contribution in [0.25, 0.3) is 0 Å². The highest BCUT2D eigenvalue weighted by Gasteiger charge is 2.23. The lowest BCUT2D eigenvalue weighted by atomic mass is 10.1. The number of esters is 2. The molecule has 0 atom stereocenters. The maximum Gasteiger partial charge on any atom is 0.410 e. The third-order valence-corrected chi connectivity index (χ3v) is 10.8. The van der Waals surface area contributed by atoms with Gasteiger partial charge in [-0.3, -0.25) is 9.59 Å². The van der Waals surface area contributed by atoms with Gasteiger partial charge in [0, 0.05) is 39.0 Å². The number of allylic oxidation sites excluding steroid dienone is 12. The van der Waals surface area contributed by atoms with Gasteiger partial charge in [0.25, 0.3) is 0 Å². The SMILES string of the molecule is CC/C=C\C/C=C\C/C=C\CCCCCCCC(=O)OCCCCC(CCCCOC(=O)CCCCCCC/C=C\C/C=C\C/C=C\CC)OC(=O)NCCN(CCN(C)C)C(=O)OC(C)(C)C. The van der Waals surface area contributed by atoms with E-state index in [-0.39, 0.29) is 31.1 Å². The fourth-order valence-corrected chi connectivity index (χ4v) is 6.93. The van der Waals surface area contributed by atoms with E-state index in [1.807, 2.05) is 39.8 Å². The summed E-state index contributed by atoms with van der Waals surface area (Å²) in [5.41, 5.74) is -0.632. The number of nitrogens with zero attached hydrogens (tertiary/aromatic N) is 2. The van der Waals surface area contributed by atoms with Crippen LogP contribution in [0.1, 0.15) is 202 Å². The number of amides is 2. The van der Waals surface area contributed by atoms with Crippen LogP contribution in [0.5, 0.6) is 0 Å². The molecule has 0 radical (unpaired) electrons. The molecule has 0 fully saturated rings. The Morgan fingerprint density at radius 2 is 0.941 bits per heavy atom. The summed E-state index contributed by atoms with van der Waals surface area (Å²) >= 11 is 0. The van der Waals surface area contributed by atoms with Crippen LogP contribution >= 0.6 is 0 Å². The van der Waals surface area contributed by atoms with Crippen LogP contribution in [0.15, 0.2) is 72.9 Å². The van der Waals surface area contributed by atoms with Gasteiger partial charge >= 0.3 is 24.1 Å². The molecule has 0 rings (SSSR count). The van der Waals surface area contributed by atoms with Crippen LogP contribution in [-0.2, 0) is 28.5 Å². The van der Waals surface area contributed by atoms with E-state index in [1.54, 1.807) is 4.90 Å². The lowest BCUT2D eigenvalue weighted by Crippen LogP contribution is -2.44. The van der Waals surface area contributed by atoms with E-state index in [2.05, 4.69) is 92.1 Å². The molecule has 0 saturated carbocycles. The van der Waals surface area contributed by atoms with E-state index >= 15 is 0 Å². The highest BCUT2D eigenvalue weighted by atomic mass is 16.6. The van der Waals surface area contributed by atoms with Crippen LogP contribution in [0.4, 0.5) is 9.59 Å². The zero-order valence-electron chi connectivity index (χ0n) is 44.3. The number of hydrogen-bond donors (Lipinski definition) is 1. The van der Waals surface area contributed by atoms with E-state index in [0.29, 0.717) is 64.8 Å². The molecule has 0 aromatic heterocycles. The summed E-state index contributed by atoms with van der Waals surface area (Å²) in [4.78, 5) is 54.2. The molecule has 0 bridgehead atoms. The Hall–Kier alpha value is -4.12. The van der Waals surface area contributed by atoms with E-state index in [0.717, 1.165) is 103 Å². The molecule has 68 heavy (non-hydrogen) atoms. The molecule has 2 amide bonds. The van der Waals surface area contributed by atoms with E-state index in [9.17, 15) is 19.2 Å². The number of nitrogens with one attached hydrogen (secondary N) is 1. The Labute approximate surface area is 415 Å². The molecule has 0 heterocycles. The van der Waals surface area contributed by atoms with E-state index in [1.165, 1.54) is 25.7 Å². The number of alkyl carbamates (subject to hydrolysis) is 1. The molecule has 0 aliphatic rings. The van der Waals surface area contributed by atoms with E-state index < -0.39 is 17.8 Å². The van der Waals surface area contributed by atoms with Crippen molar-refractivity contribution in [2.75, 3.05) is 53.5 Å². The van der Waals surface area contributed by atoms with Gasteiger partial charge in [-0.05, 0) is 150 Å². The van der Waals surface area contributed by atoms with Crippen molar-refractivity contribution in [2.45, 2.75) is 213 Å². The van der Waals surface area contributed by atoms with Gasteiger partial charge in [-0.15, -0.1) is 0 Å². The fourth-order valence-electron chi connectivity index (χ4n) is 6.93. The molecule has 1 N–H and O–H groups in total. The van der Waals surface area contributed by atoms with Gasteiger partial charge in [-0.25, -0.2) is 9.59 Å². The van der Waals surface area contributed by atoms with Crippen LogP contribution in [0.2, 0.25) is 0 Å². The Morgan fingerprint density at radius 3 is 1.38 bits per heavy atom. The van der Waals surface area contributed by atoms with Crippen molar-refractivity contribution in [2.24, 2.45) is 0 Å². The molecule has 0 unspecified atom stereocenters. The minimum Gasteiger partial charge on any atom is -0.466 e. The van der Waals surface area contributed by atoms with Crippen LogP contribution in [0, 0.1) is 0 Å². The minimum absolute atomic E-state index is 0.159. The molecular weight excluding hydrogens is 855 g/mol. The van der Waals surface area contributed by atoms with Gasteiger partial charge in [-0.2, -0.15) is 0 Å². The third kappa shape index (κ3) is 47.0. The summed E-state index contributed by atoms with van der Waals surface area (Å²) in [5.74, 6) is -0.319. The predicted molar refractivity (Wildman–Crippen MR) is 283 cm³/mol. The lowest BCUT2D eigenvalue weighted by Gasteiger charge is -2.28. The van der Waals surface area contributed by atoms with Gasteiger partial charge in [0.05, 0.1) is 13.2 Å². The summed E-state index contributed by atoms with van der Waals surface area (Å²) in [7, 11) is 3.88. The average molecular weight is 954 g/mol. The number of ether oxygens (including phenoxy) is 4. The monoisotopic (exact) mass is 954 g/mol. The maximum absolute atomic E-state index is 13.0. The first kappa shape index (κ1) is 63.9. The highest BCUT2D eigenvalue weighted by molar-refractivity contribution is 5.70. The predicted octanol–water partition coefficient (Wildman–Crippen LogP) is 14.5. The Kier molecular flexibility index (Phi) is 43.8. The average Bonchev–Trinajstić information content (AvgIpc) is 3.29. The van der Waals surface area contributed by atoms with Crippen molar-refractivity contribution in [3.05, 3.63) is 72.9 Å². The van der Waals surface area contributed by atoms with Crippen molar-refractivity contribution in [3.8, 4) is 0 Å². The minimum atomic E-state index is -0.632. The highest BCUT2D eigenvalue weighted by Crippen LogP contribution is 2.16. The number of carbonyl (C=O) groups excluding carboxylic acids is 4. The maximum atomic E-state index is 13.0. The standard InChI is InChI=1S/C57H99N3O8/c1-8-10-12-14-16-18-20-22-24-26-28-30-32-34-36-44-53(61)65-50-40-38-42-52(67-55(63)58-46-47-60(49-48-59(6)7)56(64)68-57(3,4)5)43-39-41-51-66-54(62)45-37-35-33-31-29-27-25-23-21-19-17-15-13-11-9-2/h10-13,16-19,22-25,52H,8-9,14-15,20-21,26-51H2,1-7H3,(H,58,63)/b12-10-,13-11-,18-16-,19-17-,24-22-,25-23-. The largest absolute Gasteiger partial charge is 0.466 e. The summed E-state index contributed by atoms with van der Waals surface area (Å²) < 4.78 is 22.5. The number of rotatable bonds is 43. The van der Waals surface area contributed by atoms with Gasteiger partial charge < -0.3 is 34.1 Å². The first-order chi connectivity index (χ1) is 32.9. The molecule has 11 heteroatoms. The topological polar surface area (TPSA) is 124 Å². The second-order valence-corrected chi connectivity index (χ2v) is 18.9. The fraction of sp³-hybridized carbons (Fsp3) is 0.719. The van der Waals surface area contributed by atoms with Gasteiger partial charge in [0.1, 0.15) is 11.7 Å². The van der Waals surface area contributed by atoms with Crippen molar-refractivity contribution >= 4 is 24.1 Å². The van der Waals surface area contributed by atoms with Gasteiger partial charge in [0.15, 0.2) is 0 Å². The second-order valence-electron chi connectivity index (χ2n) is 18.9. The Bertz CT molecular complexity index is 1350. The third-order valence-electron chi connectivity index (χ3n) is 10.8. The first-order valence-corrected chi connectivity index (χ1v) is 26.7. The van der Waals surface area contributed by atoms with E-state index in [4.69, 9.17) is 18.9 Å². The van der Waals surface area contributed by atoms with Crippen LogP contribution in [0.3, 0.4) is 0 Å². The molecule has 0 aromatic rings. The molecule has 0 saturated heterocycles. The van der Waals surface area contributed by atoms with Gasteiger partial charge in [-0.1, -0.05) is 125 Å². The number of likely N-dealkylation sites (N-methyl/N-ethyl adjacent to an activating group) is 1. The molecule has 0 spiro atoms. The summed E-state index contributed by atoms with van der Waals surface area (Å²) in [6.07, 6.45) is 49.2. The molecular formula is C57H99N3O8. The van der Waals surface area contributed by atoms with Gasteiger partial charge in [0.2, 0.25) is 0 Å². The molecule has 390 valence electrons. The summed E-state index contributed by atoms with van der Waals surface area (Å²) in [6.45, 7) is 12.1.